The molecule has 0 aromatic carbocycles. The van der Waals surface area contributed by atoms with Crippen LogP contribution in [0.4, 0.5) is 5.82 Å². The summed E-state index contributed by atoms with van der Waals surface area (Å²) in [5.41, 5.74) is 0. The third-order valence-corrected chi connectivity index (χ3v) is 3.93. The van der Waals surface area contributed by atoms with Gasteiger partial charge in [0.15, 0.2) is 5.82 Å². The number of carboxylic acids is 1. The van der Waals surface area contributed by atoms with Crippen molar-refractivity contribution in [1.29, 1.82) is 0 Å². The van der Waals surface area contributed by atoms with Crippen molar-refractivity contribution in [2.75, 3.05) is 5.32 Å². The van der Waals surface area contributed by atoms with Crippen molar-refractivity contribution in [3.8, 4) is 0 Å². The molecule has 0 unspecified atom stereocenters. The molecular weight excluding hydrogens is 248 g/mol. The van der Waals surface area contributed by atoms with Crippen LogP contribution in [0.15, 0.2) is 22.7 Å². The van der Waals surface area contributed by atoms with Gasteiger partial charge in [0.25, 0.3) is 0 Å². The number of amides is 1. The van der Waals surface area contributed by atoms with Gasteiger partial charge in [-0.3, -0.25) is 9.59 Å². The van der Waals surface area contributed by atoms with E-state index < -0.39 is 17.8 Å². The van der Waals surface area contributed by atoms with E-state index in [1.165, 1.54) is 0 Å². The van der Waals surface area contributed by atoms with E-state index in [1.807, 2.05) is 12.2 Å². The zero-order chi connectivity index (χ0) is 13.6. The number of hydrogen-bond acceptors (Lipinski definition) is 4. The van der Waals surface area contributed by atoms with E-state index in [2.05, 4.69) is 10.5 Å². The smallest absolute Gasteiger partial charge is 0.307 e. The molecular formula is C13H14N2O4. The molecule has 2 aliphatic carbocycles. The second-order valence-corrected chi connectivity index (χ2v) is 5.15. The Labute approximate surface area is 109 Å². The van der Waals surface area contributed by atoms with E-state index in [4.69, 9.17) is 4.52 Å². The highest BCUT2D eigenvalue weighted by molar-refractivity contribution is 5.95. The summed E-state index contributed by atoms with van der Waals surface area (Å²) in [4.78, 5) is 23.6. The fourth-order valence-electron chi connectivity index (χ4n) is 3.15. The van der Waals surface area contributed by atoms with Crippen molar-refractivity contribution in [2.45, 2.75) is 13.3 Å². The molecule has 2 aliphatic rings. The fourth-order valence-corrected chi connectivity index (χ4v) is 3.15. The van der Waals surface area contributed by atoms with Crippen LogP contribution in [-0.2, 0) is 9.59 Å². The average Bonchev–Trinajstić information content (AvgIpc) is 3.03. The van der Waals surface area contributed by atoms with Crippen LogP contribution >= 0.6 is 0 Å². The number of rotatable bonds is 3. The molecule has 3 rings (SSSR count). The Balaban J connectivity index is 1.79. The lowest BCUT2D eigenvalue weighted by molar-refractivity contribution is -0.146. The molecule has 4 atom stereocenters. The van der Waals surface area contributed by atoms with Crippen molar-refractivity contribution in [1.82, 2.24) is 5.16 Å². The first-order valence-electron chi connectivity index (χ1n) is 6.21. The summed E-state index contributed by atoms with van der Waals surface area (Å²) in [6.45, 7) is 1.73. The molecule has 1 amide bonds. The average molecular weight is 262 g/mol. The lowest BCUT2D eigenvalue weighted by Gasteiger charge is -2.23. The zero-order valence-corrected chi connectivity index (χ0v) is 10.4. The van der Waals surface area contributed by atoms with Crippen molar-refractivity contribution in [3.05, 3.63) is 24.0 Å². The van der Waals surface area contributed by atoms with Gasteiger partial charge in [0, 0.05) is 6.07 Å². The van der Waals surface area contributed by atoms with Crippen LogP contribution in [0.2, 0.25) is 0 Å². The summed E-state index contributed by atoms with van der Waals surface area (Å²) in [5, 5.41) is 15.6. The Morgan fingerprint density at radius 3 is 2.63 bits per heavy atom. The maximum atomic E-state index is 12.2. The first kappa shape index (κ1) is 12.0. The first-order valence-corrected chi connectivity index (χ1v) is 6.21. The molecule has 2 bridgehead atoms. The van der Waals surface area contributed by atoms with Crippen molar-refractivity contribution in [3.63, 3.8) is 0 Å². The van der Waals surface area contributed by atoms with E-state index in [9.17, 15) is 14.7 Å². The molecule has 1 heterocycles. The molecule has 6 nitrogen and oxygen atoms in total. The highest BCUT2D eigenvalue weighted by Gasteiger charge is 2.51. The van der Waals surface area contributed by atoms with Gasteiger partial charge in [0.2, 0.25) is 5.91 Å². The minimum Gasteiger partial charge on any atom is -0.481 e. The topological polar surface area (TPSA) is 92.4 Å². The highest BCUT2D eigenvalue weighted by Crippen LogP contribution is 2.48. The first-order chi connectivity index (χ1) is 9.06. The molecule has 1 saturated carbocycles. The van der Waals surface area contributed by atoms with Crippen LogP contribution < -0.4 is 5.32 Å². The number of nitrogens with one attached hydrogen (secondary N) is 1. The maximum absolute atomic E-state index is 12.2. The van der Waals surface area contributed by atoms with Crippen molar-refractivity contribution < 1.29 is 19.2 Å². The minimum atomic E-state index is -0.909. The van der Waals surface area contributed by atoms with Crippen LogP contribution in [0.1, 0.15) is 12.2 Å². The van der Waals surface area contributed by atoms with Gasteiger partial charge in [-0.2, -0.15) is 0 Å². The molecule has 1 aromatic rings. The lowest BCUT2D eigenvalue weighted by Crippen LogP contribution is -2.36. The second kappa shape index (κ2) is 4.22. The van der Waals surface area contributed by atoms with Crippen molar-refractivity contribution >= 4 is 17.7 Å². The van der Waals surface area contributed by atoms with Gasteiger partial charge in [-0.05, 0) is 25.2 Å². The number of carbonyl (C=O) groups is 2. The summed E-state index contributed by atoms with van der Waals surface area (Å²) in [5.74, 6) is -1.45. The molecule has 1 fully saturated rings. The predicted octanol–water partition coefficient (Wildman–Crippen LogP) is 1.44. The van der Waals surface area contributed by atoms with Crippen LogP contribution in [0.25, 0.3) is 0 Å². The second-order valence-electron chi connectivity index (χ2n) is 5.15. The molecule has 0 saturated heterocycles. The quantitative estimate of drug-likeness (QED) is 0.804. The third-order valence-electron chi connectivity index (χ3n) is 3.93. The molecule has 6 heteroatoms. The van der Waals surface area contributed by atoms with Crippen LogP contribution in [-0.4, -0.2) is 22.1 Å². The summed E-state index contributed by atoms with van der Waals surface area (Å²) < 4.78 is 4.87. The number of carbonyl (C=O) groups excluding carboxylic acids is 1. The minimum absolute atomic E-state index is 0.0131. The van der Waals surface area contributed by atoms with Gasteiger partial charge < -0.3 is 14.9 Å². The Morgan fingerprint density at radius 2 is 2.05 bits per heavy atom. The Bertz CT molecular complexity index is 563. The monoisotopic (exact) mass is 262 g/mol. The number of anilines is 1. The van der Waals surface area contributed by atoms with Gasteiger partial charge in [-0.25, -0.2) is 0 Å². The van der Waals surface area contributed by atoms with Gasteiger partial charge in [-0.15, -0.1) is 0 Å². The standard InChI is InChI=1S/C13H14N2O4/c1-6-4-9(15-19-6)14-12(16)10-7-2-3-8(5-7)11(10)13(17)18/h2-4,7-8,10-11H,5H2,1H3,(H,17,18)(H,14,15,16)/t7-,8+,10-,11+/m1/s1. The zero-order valence-electron chi connectivity index (χ0n) is 10.4. The Morgan fingerprint density at radius 1 is 1.37 bits per heavy atom. The number of fused-ring (bicyclic) bond motifs is 2. The third kappa shape index (κ3) is 1.93. The summed E-state index contributed by atoms with van der Waals surface area (Å²) in [7, 11) is 0. The van der Waals surface area contributed by atoms with Crippen LogP contribution in [0, 0.1) is 30.6 Å². The largest absolute Gasteiger partial charge is 0.481 e. The van der Waals surface area contributed by atoms with Crippen molar-refractivity contribution in [2.24, 2.45) is 23.7 Å². The molecule has 100 valence electrons. The number of aryl methyl sites for hydroxylation is 1. The van der Waals surface area contributed by atoms with E-state index in [1.54, 1.807) is 13.0 Å². The number of allylic oxidation sites excluding steroid dienone is 2. The van der Waals surface area contributed by atoms with E-state index >= 15 is 0 Å². The van der Waals surface area contributed by atoms with E-state index in [0.29, 0.717) is 11.6 Å². The van der Waals surface area contributed by atoms with Gasteiger partial charge >= 0.3 is 5.97 Å². The normalized spacial score (nSPS) is 31.6. The highest BCUT2D eigenvalue weighted by atomic mass is 16.5. The number of aliphatic carboxylic acids is 1. The molecule has 0 spiro atoms. The van der Waals surface area contributed by atoms with Gasteiger partial charge in [0.1, 0.15) is 5.76 Å². The Kier molecular flexibility index (Phi) is 2.66. The van der Waals surface area contributed by atoms with E-state index in [-0.39, 0.29) is 17.7 Å². The summed E-state index contributed by atoms with van der Waals surface area (Å²) >= 11 is 0. The van der Waals surface area contributed by atoms with Crippen LogP contribution in [0.3, 0.4) is 0 Å². The SMILES string of the molecule is Cc1cc(NC(=O)[C@H]2[C@@H](C(=O)O)[C@H]3C=C[C@@H]2C3)no1. The fraction of sp³-hybridized carbons (Fsp3) is 0.462. The Hall–Kier alpha value is -2.11. The van der Waals surface area contributed by atoms with E-state index in [0.717, 1.165) is 6.42 Å². The number of nitrogens with zero attached hydrogens (tertiary/aromatic N) is 1. The number of aromatic nitrogens is 1. The number of hydrogen-bond donors (Lipinski definition) is 2. The lowest BCUT2D eigenvalue weighted by atomic mass is 9.82. The number of carboxylic acid groups (broad SMARTS) is 1. The van der Waals surface area contributed by atoms with Crippen LogP contribution in [0.5, 0.6) is 0 Å². The molecule has 0 aliphatic heterocycles. The van der Waals surface area contributed by atoms with Gasteiger partial charge in [-0.1, -0.05) is 17.3 Å². The van der Waals surface area contributed by atoms with Gasteiger partial charge in [0.05, 0.1) is 11.8 Å². The summed E-state index contributed by atoms with van der Waals surface area (Å²) in [6, 6.07) is 1.61. The molecule has 2 N–H and O–H groups in total. The molecule has 1 aromatic heterocycles. The molecule has 0 radical (unpaired) electrons. The predicted molar refractivity (Wildman–Crippen MR) is 65.2 cm³/mol. The summed E-state index contributed by atoms with van der Waals surface area (Å²) in [6.07, 6.45) is 4.60. The maximum Gasteiger partial charge on any atom is 0.307 e. The molecule has 19 heavy (non-hydrogen) atoms.